The van der Waals surface area contributed by atoms with Gasteiger partial charge in [-0.15, -0.1) is 0 Å². The van der Waals surface area contributed by atoms with E-state index in [1.165, 1.54) is 38.8 Å². The minimum atomic E-state index is 0.733. The highest BCUT2D eigenvalue weighted by Gasteiger charge is 2.28. The van der Waals surface area contributed by atoms with Crippen molar-refractivity contribution in [2.45, 2.75) is 38.3 Å². The Balaban J connectivity index is 1.59. The molecule has 1 unspecified atom stereocenters. The zero-order chi connectivity index (χ0) is 14.7. The Bertz CT molecular complexity index is 473. The minimum absolute atomic E-state index is 0.733. The third-order valence-electron chi connectivity index (χ3n) is 4.70. The number of nitrogens with zero attached hydrogens (tertiary/aromatic N) is 3. The highest BCUT2D eigenvalue weighted by molar-refractivity contribution is 6.31. The van der Waals surface area contributed by atoms with Crippen LogP contribution in [-0.4, -0.2) is 54.1 Å². The van der Waals surface area contributed by atoms with Gasteiger partial charge >= 0.3 is 0 Å². The average molecular weight is 309 g/mol. The van der Waals surface area contributed by atoms with Crippen LogP contribution in [0.25, 0.3) is 0 Å². The van der Waals surface area contributed by atoms with Crippen LogP contribution in [0.3, 0.4) is 0 Å². The zero-order valence-corrected chi connectivity index (χ0v) is 13.6. The predicted molar refractivity (Wildman–Crippen MR) is 87.9 cm³/mol. The van der Waals surface area contributed by atoms with Crippen LogP contribution >= 0.6 is 11.6 Å². The van der Waals surface area contributed by atoms with Gasteiger partial charge in [-0.2, -0.15) is 0 Å². The van der Waals surface area contributed by atoms with Crippen molar-refractivity contribution in [3.05, 3.63) is 22.8 Å². The van der Waals surface area contributed by atoms with Gasteiger partial charge in [0.15, 0.2) is 0 Å². The van der Waals surface area contributed by atoms with E-state index >= 15 is 0 Å². The summed E-state index contributed by atoms with van der Waals surface area (Å²) in [5, 5.41) is 3.86. The van der Waals surface area contributed by atoms with Crippen LogP contribution in [0.1, 0.15) is 31.4 Å². The van der Waals surface area contributed by atoms with Crippen molar-refractivity contribution >= 4 is 17.4 Å². The molecule has 0 amide bonds. The number of likely N-dealkylation sites (tertiary alicyclic amines) is 2. The first-order valence-corrected chi connectivity index (χ1v) is 8.43. The maximum Gasteiger partial charge on any atom is 0.126 e. The van der Waals surface area contributed by atoms with Crippen molar-refractivity contribution in [1.29, 1.82) is 0 Å². The van der Waals surface area contributed by atoms with Gasteiger partial charge in [-0.1, -0.05) is 18.0 Å². The Labute approximate surface area is 132 Å². The second kappa shape index (κ2) is 6.95. The highest BCUT2D eigenvalue weighted by atomic mass is 35.5. The fourth-order valence-electron chi connectivity index (χ4n) is 3.48. The van der Waals surface area contributed by atoms with Gasteiger partial charge in [0, 0.05) is 32.7 Å². The topological polar surface area (TPSA) is 31.4 Å². The summed E-state index contributed by atoms with van der Waals surface area (Å²) < 4.78 is 0. The zero-order valence-electron chi connectivity index (χ0n) is 12.8. The summed E-state index contributed by atoms with van der Waals surface area (Å²) in [5.41, 5.74) is 0.989. The summed E-state index contributed by atoms with van der Waals surface area (Å²) in [6.45, 7) is 5.74. The number of aromatic nitrogens is 1. The normalized spacial score (nSPS) is 24.4. The first kappa shape index (κ1) is 15.1. The molecule has 0 aliphatic carbocycles. The van der Waals surface area contributed by atoms with Gasteiger partial charge in [0.2, 0.25) is 0 Å². The van der Waals surface area contributed by atoms with Crippen molar-refractivity contribution in [2.24, 2.45) is 0 Å². The first-order chi connectivity index (χ1) is 10.3. The quantitative estimate of drug-likeness (QED) is 0.927. The molecule has 3 rings (SSSR count). The van der Waals surface area contributed by atoms with Gasteiger partial charge in [0.1, 0.15) is 5.82 Å². The summed E-state index contributed by atoms with van der Waals surface area (Å²) in [4.78, 5) is 9.77. The molecule has 5 heteroatoms. The summed E-state index contributed by atoms with van der Waals surface area (Å²) in [6.07, 6.45) is 5.43. The number of rotatable bonds is 4. The lowest BCUT2D eigenvalue weighted by Gasteiger charge is -2.32. The molecule has 1 N–H and O–H groups in total. The number of halogens is 1. The third-order valence-corrected chi connectivity index (χ3v) is 5.05. The monoisotopic (exact) mass is 308 g/mol. The standard InChI is InChI=1S/C16H25ClN4/c1-18-16-6-5-14(17)15(19-16)12-20-10-7-13(11-20)21-8-3-2-4-9-21/h5-6,13H,2-4,7-12H2,1H3,(H,18,19). The molecule has 0 bridgehead atoms. The lowest BCUT2D eigenvalue weighted by atomic mass is 10.1. The van der Waals surface area contributed by atoms with Crippen LogP contribution in [0.4, 0.5) is 5.82 Å². The van der Waals surface area contributed by atoms with E-state index in [1.54, 1.807) is 0 Å². The van der Waals surface area contributed by atoms with E-state index in [9.17, 15) is 0 Å². The molecule has 21 heavy (non-hydrogen) atoms. The summed E-state index contributed by atoms with van der Waals surface area (Å²) in [6, 6.07) is 4.59. The van der Waals surface area contributed by atoms with Crippen LogP contribution in [0.2, 0.25) is 5.02 Å². The van der Waals surface area contributed by atoms with E-state index in [-0.39, 0.29) is 0 Å². The van der Waals surface area contributed by atoms with Crippen molar-refractivity contribution in [3.8, 4) is 0 Å². The summed E-state index contributed by atoms with van der Waals surface area (Å²) in [7, 11) is 1.89. The predicted octanol–water partition coefficient (Wildman–Crippen LogP) is 2.84. The molecule has 0 saturated carbocycles. The smallest absolute Gasteiger partial charge is 0.126 e. The van der Waals surface area contributed by atoms with Crippen LogP contribution in [0.5, 0.6) is 0 Å². The number of hydrogen-bond donors (Lipinski definition) is 1. The molecule has 1 aromatic rings. The molecule has 2 aliphatic heterocycles. The summed E-state index contributed by atoms with van der Waals surface area (Å²) in [5.74, 6) is 0.890. The van der Waals surface area contributed by atoms with Crippen molar-refractivity contribution in [3.63, 3.8) is 0 Å². The van der Waals surface area contributed by atoms with E-state index in [0.717, 1.165) is 42.2 Å². The lowest BCUT2D eigenvalue weighted by molar-refractivity contribution is 0.161. The second-order valence-corrected chi connectivity index (χ2v) is 6.56. The molecule has 1 aromatic heterocycles. The van der Waals surface area contributed by atoms with E-state index in [1.807, 2.05) is 19.2 Å². The Kier molecular flexibility index (Phi) is 4.99. The fourth-order valence-corrected chi connectivity index (χ4v) is 3.65. The molecule has 0 spiro atoms. The molecule has 4 nitrogen and oxygen atoms in total. The maximum atomic E-state index is 6.29. The minimum Gasteiger partial charge on any atom is -0.373 e. The van der Waals surface area contributed by atoms with Gasteiger partial charge < -0.3 is 5.32 Å². The Morgan fingerprint density at radius 1 is 1.24 bits per heavy atom. The van der Waals surface area contributed by atoms with Crippen LogP contribution in [-0.2, 0) is 6.54 Å². The fraction of sp³-hybridized carbons (Fsp3) is 0.688. The van der Waals surface area contributed by atoms with E-state index < -0.39 is 0 Å². The maximum absolute atomic E-state index is 6.29. The Hall–Kier alpha value is -0.840. The van der Waals surface area contributed by atoms with Gasteiger partial charge in [-0.3, -0.25) is 9.80 Å². The number of hydrogen-bond acceptors (Lipinski definition) is 4. The average Bonchev–Trinajstić information content (AvgIpc) is 2.99. The molecule has 0 radical (unpaired) electrons. The molecule has 3 heterocycles. The number of anilines is 1. The highest BCUT2D eigenvalue weighted by Crippen LogP contribution is 2.24. The molecule has 2 saturated heterocycles. The molecule has 1 atom stereocenters. The van der Waals surface area contributed by atoms with Gasteiger partial charge in [0.25, 0.3) is 0 Å². The van der Waals surface area contributed by atoms with E-state index in [4.69, 9.17) is 11.6 Å². The Morgan fingerprint density at radius 2 is 2.05 bits per heavy atom. The second-order valence-electron chi connectivity index (χ2n) is 6.15. The third kappa shape index (κ3) is 3.68. The van der Waals surface area contributed by atoms with Crippen molar-refractivity contribution in [2.75, 3.05) is 38.5 Å². The van der Waals surface area contributed by atoms with E-state index in [0.29, 0.717) is 0 Å². The number of piperidine rings is 1. The molecule has 0 aromatic carbocycles. The number of pyridine rings is 1. The van der Waals surface area contributed by atoms with Crippen molar-refractivity contribution < 1.29 is 0 Å². The number of nitrogens with one attached hydrogen (secondary N) is 1. The molecular weight excluding hydrogens is 284 g/mol. The molecular formula is C16H25ClN4. The van der Waals surface area contributed by atoms with Gasteiger partial charge in [0.05, 0.1) is 10.7 Å². The largest absolute Gasteiger partial charge is 0.373 e. The van der Waals surface area contributed by atoms with Crippen LogP contribution in [0.15, 0.2) is 12.1 Å². The van der Waals surface area contributed by atoms with Gasteiger partial charge in [-0.05, 0) is 44.5 Å². The first-order valence-electron chi connectivity index (χ1n) is 8.06. The SMILES string of the molecule is CNc1ccc(Cl)c(CN2CCC(N3CCCCC3)C2)n1. The molecule has 116 valence electrons. The summed E-state index contributed by atoms with van der Waals surface area (Å²) >= 11 is 6.29. The molecule has 2 fully saturated rings. The van der Waals surface area contributed by atoms with E-state index in [2.05, 4.69) is 20.1 Å². The van der Waals surface area contributed by atoms with Gasteiger partial charge in [-0.25, -0.2) is 4.98 Å². The van der Waals surface area contributed by atoms with Crippen LogP contribution < -0.4 is 5.32 Å². The van der Waals surface area contributed by atoms with Crippen molar-refractivity contribution in [1.82, 2.24) is 14.8 Å². The van der Waals surface area contributed by atoms with Crippen LogP contribution in [0, 0.1) is 0 Å². The Morgan fingerprint density at radius 3 is 2.81 bits per heavy atom. The molecule has 2 aliphatic rings. The lowest BCUT2D eigenvalue weighted by Crippen LogP contribution is -2.40.